The lowest BCUT2D eigenvalue weighted by molar-refractivity contribution is -0.173. The molecule has 2 aromatic carbocycles. The summed E-state index contributed by atoms with van der Waals surface area (Å²) in [4.78, 5) is 10.8. The normalized spacial score (nSPS) is 11.0. The first-order valence-corrected chi connectivity index (χ1v) is 6.85. The van der Waals surface area contributed by atoms with E-state index in [1.807, 2.05) is 23.5 Å². The minimum absolute atomic E-state index is 0.104. The van der Waals surface area contributed by atoms with E-state index in [0.29, 0.717) is 5.75 Å². The number of benzene rings is 2. The Kier molecular flexibility index (Phi) is 5.12. The highest BCUT2D eigenvalue weighted by Gasteiger charge is 2.38. The van der Waals surface area contributed by atoms with Crippen LogP contribution in [0, 0.1) is 12.3 Å². The van der Waals surface area contributed by atoms with Crippen LogP contribution >= 0.6 is 0 Å². The molecular weight excluding hydrogens is 307 g/mol. The largest absolute Gasteiger partial charge is 0.481 e. The highest BCUT2D eigenvalue weighted by molar-refractivity contribution is 5.87. The molecule has 23 heavy (non-hydrogen) atoms. The van der Waals surface area contributed by atoms with E-state index in [2.05, 4.69) is 5.92 Å². The van der Waals surface area contributed by atoms with Crippen LogP contribution in [0.1, 0.15) is 5.56 Å². The van der Waals surface area contributed by atoms with Crippen molar-refractivity contribution < 1.29 is 22.7 Å². The van der Waals surface area contributed by atoms with Crippen molar-refractivity contribution in [3.63, 3.8) is 0 Å². The van der Waals surface area contributed by atoms with Crippen molar-refractivity contribution in [1.82, 2.24) is 5.32 Å². The molecule has 1 N–H and O–H groups in total. The number of halogens is 3. The molecule has 2 aromatic rings. The van der Waals surface area contributed by atoms with E-state index >= 15 is 0 Å². The maximum absolute atomic E-state index is 12.2. The maximum atomic E-state index is 12.2. The number of carbonyl (C=O) groups excluding carboxylic acids is 1. The number of rotatable bonds is 5. The zero-order chi connectivity index (χ0) is 16.9. The Bertz CT molecular complexity index is 748. The molecule has 0 aliphatic carbocycles. The summed E-state index contributed by atoms with van der Waals surface area (Å²) in [5.41, 5.74) is 0.816. The first kappa shape index (κ1) is 16.7. The van der Waals surface area contributed by atoms with Gasteiger partial charge in [-0.2, -0.15) is 13.2 Å². The molecule has 0 atom stereocenters. The highest BCUT2D eigenvalue weighted by Crippen LogP contribution is 2.24. The van der Waals surface area contributed by atoms with Crippen LogP contribution in [-0.4, -0.2) is 25.2 Å². The maximum Gasteiger partial charge on any atom is 0.471 e. The van der Waals surface area contributed by atoms with Gasteiger partial charge in [-0.3, -0.25) is 4.79 Å². The predicted molar refractivity (Wildman–Crippen MR) is 81.0 cm³/mol. The molecule has 0 radical (unpaired) electrons. The summed E-state index contributed by atoms with van der Waals surface area (Å²) in [6, 6.07) is 10.9. The number of ether oxygens (including phenoxy) is 1. The van der Waals surface area contributed by atoms with Crippen LogP contribution in [0.5, 0.6) is 5.75 Å². The summed E-state index contributed by atoms with van der Waals surface area (Å²) >= 11 is 0. The first-order valence-electron chi connectivity index (χ1n) is 6.85. The molecule has 6 heteroatoms. The van der Waals surface area contributed by atoms with Gasteiger partial charge in [0.15, 0.2) is 0 Å². The zero-order valence-corrected chi connectivity index (χ0v) is 12.1. The quantitative estimate of drug-likeness (QED) is 0.860. The minimum Gasteiger partial charge on any atom is -0.481 e. The fraction of sp³-hybridized carbons (Fsp3) is 0.235. The van der Waals surface area contributed by atoms with Gasteiger partial charge in [-0.25, -0.2) is 0 Å². The van der Waals surface area contributed by atoms with Crippen LogP contribution < -0.4 is 10.1 Å². The summed E-state index contributed by atoms with van der Waals surface area (Å²) < 4.78 is 41.8. The predicted octanol–water partition coefficient (Wildman–Crippen LogP) is 3.07. The van der Waals surface area contributed by atoms with Crippen molar-refractivity contribution in [3.8, 4) is 18.1 Å². The third kappa shape index (κ3) is 4.39. The lowest BCUT2D eigenvalue weighted by Crippen LogP contribution is -2.37. The molecule has 2 rings (SSSR count). The van der Waals surface area contributed by atoms with Crippen molar-refractivity contribution in [2.75, 3.05) is 13.2 Å². The first-order chi connectivity index (χ1) is 10.9. The Morgan fingerprint density at radius 1 is 1.26 bits per heavy atom. The Labute approximate surface area is 131 Å². The van der Waals surface area contributed by atoms with Crippen LogP contribution in [0.2, 0.25) is 0 Å². The average Bonchev–Trinajstić information content (AvgIpc) is 2.52. The van der Waals surface area contributed by atoms with Crippen LogP contribution in [0.25, 0.3) is 10.8 Å². The molecule has 0 spiro atoms. The van der Waals surface area contributed by atoms with Gasteiger partial charge in [0.2, 0.25) is 0 Å². The molecule has 0 aliphatic rings. The van der Waals surface area contributed by atoms with Gasteiger partial charge in [-0.15, -0.1) is 6.42 Å². The molecule has 0 fully saturated rings. The van der Waals surface area contributed by atoms with Crippen molar-refractivity contribution in [2.45, 2.75) is 12.6 Å². The fourth-order valence-electron chi connectivity index (χ4n) is 2.16. The Morgan fingerprint density at radius 2 is 2.04 bits per heavy atom. The number of alkyl halides is 3. The topological polar surface area (TPSA) is 38.3 Å². The third-order valence-electron chi connectivity index (χ3n) is 3.20. The summed E-state index contributed by atoms with van der Waals surface area (Å²) in [6.45, 7) is 0.0300. The number of amides is 1. The number of carbonyl (C=O) groups is 1. The number of hydrogen-bond acceptors (Lipinski definition) is 2. The lowest BCUT2D eigenvalue weighted by atomic mass is 10.0. The SMILES string of the molecule is C#CCOc1ccc2cccc(CCNC(=O)C(F)(F)F)c2c1. The van der Waals surface area contributed by atoms with Crippen LogP contribution in [-0.2, 0) is 11.2 Å². The number of hydrogen-bond donors (Lipinski definition) is 1. The molecule has 0 aromatic heterocycles. The molecule has 0 bridgehead atoms. The standard InChI is InChI=1S/C17H14F3NO2/c1-2-10-23-14-7-6-12-4-3-5-13(15(12)11-14)8-9-21-16(22)17(18,19)20/h1,3-7,11H,8-10H2,(H,21,22). The van der Waals surface area contributed by atoms with Gasteiger partial charge in [-0.1, -0.05) is 30.2 Å². The van der Waals surface area contributed by atoms with E-state index < -0.39 is 12.1 Å². The van der Waals surface area contributed by atoms with E-state index in [9.17, 15) is 18.0 Å². The van der Waals surface area contributed by atoms with Gasteiger partial charge < -0.3 is 10.1 Å². The van der Waals surface area contributed by atoms with Gasteiger partial charge >= 0.3 is 12.1 Å². The van der Waals surface area contributed by atoms with Crippen LogP contribution in [0.15, 0.2) is 36.4 Å². The molecule has 120 valence electrons. The number of nitrogens with one attached hydrogen (secondary N) is 1. The van der Waals surface area contributed by atoms with Crippen LogP contribution in [0.4, 0.5) is 13.2 Å². The molecular formula is C17H14F3NO2. The summed E-state index contributed by atoms with van der Waals surface area (Å²) in [7, 11) is 0. The van der Waals surface area contributed by atoms with Gasteiger partial charge in [0.05, 0.1) is 0 Å². The van der Waals surface area contributed by atoms with E-state index in [1.54, 1.807) is 18.2 Å². The fourth-order valence-corrected chi connectivity index (χ4v) is 2.16. The molecule has 1 amide bonds. The minimum atomic E-state index is -4.87. The van der Waals surface area contributed by atoms with E-state index in [-0.39, 0.29) is 19.6 Å². The van der Waals surface area contributed by atoms with E-state index in [0.717, 1.165) is 16.3 Å². The van der Waals surface area contributed by atoms with E-state index in [4.69, 9.17) is 11.2 Å². The molecule has 0 saturated carbocycles. The molecule has 0 heterocycles. The highest BCUT2D eigenvalue weighted by atomic mass is 19.4. The second-order valence-corrected chi connectivity index (χ2v) is 4.80. The lowest BCUT2D eigenvalue weighted by Gasteiger charge is -2.11. The van der Waals surface area contributed by atoms with E-state index in [1.165, 1.54) is 0 Å². The van der Waals surface area contributed by atoms with Gasteiger partial charge in [0.1, 0.15) is 12.4 Å². The van der Waals surface area contributed by atoms with Crippen LogP contribution in [0.3, 0.4) is 0 Å². The molecule has 0 unspecified atom stereocenters. The summed E-state index contributed by atoms with van der Waals surface area (Å²) in [5.74, 6) is 1.01. The average molecular weight is 321 g/mol. The summed E-state index contributed by atoms with van der Waals surface area (Å²) in [5, 5.41) is 3.64. The van der Waals surface area contributed by atoms with Gasteiger partial charge in [0, 0.05) is 6.54 Å². The van der Waals surface area contributed by atoms with Gasteiger partial charge in [0.25, 0.3) is 0 Å². The summed E-state index contributed by atoms with van der Waals surface area (Å²) in [6.07, 6.45) is 0.550. The van der Waals surface area contributed by atoms with Gasteiger partial charge in [-0.05, 0) is 34.9 Å². The molecule has 3 nitrogen and oxygen atoms in total. The smallest absolute Gasteiger partial charge is 0.471 e. The number of terminal acetylenes is 1. The Hall–Kier alpha value is -2.68. The van der Waals surface area contributed by atoms with Crippen molar-refractivity contribution in [2.24, 2.45) is 0 Å². The monoisotopic (exact) mass is 321 g/mol. The molecule has 0 aliphatic heterocycles. The van der Waals surface area contributed by atoms with Crippen molar-refractivity contribution in [1.29, 1.82) is 0 Å². The Balaban J connectivity index is 2.13. The Morgan fingerprint density at radius 3 is 2.74 bits per heavy atom. The number of fused-ring (bicyclic) bond motifs is 1. The zero-order valence-electron chi connectivity index (χ0n) is 12.1. The third-order valence-corrected chi connectivity index (χ3v) is 3.20. The molecule has 0 saturated heterocycles. The van der Waals surface area contributed by atoms with Crippen molar-refractivity contribution >= 4 is 16.7 Å². The second-order valence-electron chi connectivity index (χ2n) is 4.80. The second kappa shape index (κ2) is 7.05. The van der Waals surface area contributed by atoms with Crippen molar-refractivity contribution in [3.05, 3.63) is 42.0 Å².